The number of benzene rings is 2. The second-order valence-corrected chi connectivity index (χ2v) is 5.14. The average Bonchev–Trinajstić information content (AvgIpc) is 2.54. The Morgan fingerprint density at radius 1 is 1.10 bits per heavy atom. The fraction of sp³-hybridized carbons (Fsp3) is 0.294. The zero-order chi connectivity index (χ0) is 14.8. The summed E-state index contributed by atoms with van der Waals surface area (Å²) in [6.07, 6.45) is 0. The van der Waals surface area contributed by atoms with Gasteiger partial charge >= 0.3 is 0 Å². The largest absolute Gasteiger partial charge is 0.497 e. The normalized spacial score (nSPS) is 17.2. The van der Waals surface area contributed by atoms with Gasteiger partial charge in [0.1, 0.15) is 17.3 Å². The van der Waals surface area contributed by atoms with Crippen LogP contribution in [0, 0.1) is 5.82 Å². The molecule has 0 aliphatic carbocycles. The number of hydrogen-bond acceptors (Lipinski definition) is 3. The summed E-state index contributed by atoms with van der Waals surface area (Å²) in [6, 6.07) is 10.6. The maximum Gasteiger partial charge on any atom is 0.126 e. The first-order chi connectivity index (χ1) is 10.2. The van der Waals surface area contributed by atoms with Crippen molar-refractivity contribution in [2.45, 2.75) is 12.5 Å². The molecule has 0 spiro atoms. The molecule has 0 fully saturated rings. The topological polar surface area (TPSA) is 30.5 Å². The minimum Gasteiger partial charge on any atom is -0.497 e. The molecule has 1 unspecified atom stereocenters. The van der Waals surface area contributed by atoms with E-state index in [1.807, 2.05) is 24.3 Å². The molecule has 1 heterocycles. The summed E-state index contributed by atoms with van der Waals surface area (Å²) in [5.74, 6) is 1.53. The maximum absolute atomic E-state index is 13.1. The van der Waals surface area contributed by atoms with Crippen molar-refractivity contribution in [2.24, 2.45) is 0 Å². The molecule has 21 heavy (non-hydrogen) atoms. The molecule has 0 aromatic heterocycles. The Morgan fingerprint density at radius 2 is 1.86 bits per heavy atom. The smallest absolute Gasteiger partial charge is 0.126 e. The summed E-state index contributed by atoms with van der Waals surface area (Å²) in [7, 11) is 3.31. The van der Waals surface area contributed by atoms with Gasteiger partial charge in [0.05, 0.1) is 14.2 Å². The third-order valence-electron chi connectivity index (χ3n) is 3.94. The average molecular weight is 287 g/mol. The van der Waals surface area contributed by atoms with Gasteiger partial charge in [0.25, 0.3) is 0 Å². The summed E-state index contributed by atoms with van der Waals surface area (Å²) < 4.78 is 24.0. The summed E-state index contributed by atoms with van der Waals surface area (Å²) in [4.78, 5) is 0. The van der Waals surface area contributed by atoms with Gasteiger partial charge in [-0.1, -0.05) is 12.1 Å². The Kier molecular flexibility index (Phi) is 3.80. The quantitative estimate of drug-likeness (QED) is 0.941. The number of hydrogen-bond donors (Lipinski definition) is 1. The number of nitrogens with one attached hydrogen (secondary N) is 1. The Hall–Kier alpha value is -2.07. The molecule has 0 amide bonds. The van der Waals surface area contributed by atoms with Crippen molar-refractivity contribution >= 4 is 0 Å². The van der Waals surface area contributed by atoms with Gasteiger partial charge in [-0.3, -0.25) is 0 Å². The Morgan fingerprint density at radius 3 is 2.52 bits per heavy atom. The third kappa shape index (κ3) is 2.59. The molecule has 0 bridgehead atoms. The highest BCUT2D eigenvalue weighted by atomic mass is 19.1. The van der Waals surface area contributed by atoms with Crippen LogP contribution in [0.3, 0.4) is 0 Å². The van der Waals surface area contributed by atoms with E-state index in [2.05, 4.69) is 5.32 Å². The van der Waals surface area contributed by atoms with Crippen LogP contribution in [-0.4, -0.2) is 20.8 Å². The van der Waals surface area contributed by atoms with Gasteiger partial charge in [0, 0.05) is 30.6 Å². The number of fused-ring (bicyclic) bond motifs is 1. The molecule has 2 aromatic rings. The molecule has 110 valence electrons. The number of halogens is 1. The summed E-state index contributed by atoms with van der Waals surface area (Å²) >= 11 is 0. The van der Waals surface area contributed by atoms with E-state index in [-0.39, 0.29) is 11.7 Å². The van der Waals surface area contributed by atoms with Gasteiger partial charge in [0.2, 0.25) is 0 Å². The zero-order valence-corrected chi connectivity index (χ0v) is 12.2. The van der Waals surface area contributed by atoms with Crippen LogP contribution in [0.2, 0.25) is 0 Å². The lowest BCUT2D eigenvalue weighted by atomic mass is 9.84. The molecule has 1 aliphatic heterocycles. The fourth-order valence-corrected chi connectivity index (χ4v) is 2.92. The van der Waals surface area contributed by atoms with Crippen molar-refractivity contribution in [2.75, 3.05) is 20.8 Å². The Labute approximate surface area is 123 Å². The van der Waals surface area contributed by atoms with E-state index in [0.717, 1.165) is 41.3 Å². The SMILES string of the molecule is COc1cc2c(c(OC)c1)C(c1ccc(F)cc1)CNC2. The molecule has 4 heteroatoms. The van der Waals surface area contributed by atoms with Crippen LogP contribution >= 0.6 is 0 Å². The molecular weight excluding hydrogens is 269 g/mol. The lowest BCUT2D eigenvalue weighted by Gasteiger charge is -2.29. The van der Waals surface area contributed by atoms with Crippen molar-refractivity contribution in [3.8, 4) is 11.5 Å². The second kappa shape index (κ2) is 5.74. The van der Waals surface area contributed by atoms with Gasteiger partial charge in [0.15, 0.2) is 0 Å². The first-order valence-corrected chi connectivity index (χ1v) is 6.94. The second-order valence-electron chi connectivity index (χ2n) is 5.14. The van der Waals surface area contributed by atoms with E-state index in [9.17, 15) is 4.39 Å². The van der Waals surface area contributed by atoms with Gasteiger partial charge in [-0.15, -0.1) is 0 Å². The zero-order valence-electron chi connectivity index (χ0n) is 12.2. The number of rotatable bonds is 3. The Bertz CT molecular complexity index is 623. The minimum absolute atomic E-state index is 0.148. The van der Waals surface area contributed by atoms with Crippen molar-refractivity contribution in [1.29, 1.82) is 0 Å². The van der Waals surface area contributed by atoms with Gasteiger partial charge in [-0.25, -0.2) is 4.39 Å². The molecule has 1 atom stereocenters. The van der Waals surface area contributed by atoms with Crippen LogP contribution in [0.5, 0.6) is 11.5 Å². The fourth-order valence-electron chi connectivity index (χ4n) is 2.92. The van der Waals surface area contributed by atoms with Gasteiger partial charge in [-0.05, 0) is 29.3 Å². The van der Waals surface area contributed by atoms with E-state index >= 15 is 0 Å². The molecule has 1 N–H and O–H groups in total. The van der Waals surface area contributed by atoms with Crippen molar-refractivity contribution in [3.05, 3.63) is 58.9 Å². The molecule has 1 aliphatic rings. The molecule has 0 saturated carbocycles. The van der Waals surface area contributed by atoms with Gasteiger partial charge in [-0.2, -0.15) is 0 Å². The van der Waals surface area contributed by atoms with E-state index in [1.54, 1.807) is 14.2 Å². The summed E-state index contributed by atoms with van der Waals surface area (Å²) in [6.45, 7) is 1.59. The number of methoxy groups -OCH3 is 2. The molecule has 0 radical (unpaired) electrons. The highest BCUT2D eigenvalue weighted by molar-refractivity contribution is 5.53. The predicted molar refractivity (Wildman–Crippen MR) is 79.5 cm³/mol. The van der Waals surface area contributed by atoms with E-state index in [1.165, 1.54) is 12.1 Å². The molecule has 0 saturated heterocycles. The van der Waals surface area contributed by atoms with Crippen LogP contribution in [0.25, 0.3) is 0 Å². The van der Waals surface area contributed by atoms with Crippen molar-refractivity contribution < 1.29 is 13.9 Å². The van der Waals surface area contributed by atoms with Crippen LogP contribution < -0.4 is 14.8 Å². The standard InChI is InChI=1S/C17H18FNO2/c1-20-14-7-12-9-19-10-15(17(12)16(8-14)21-2)11-3-5-13(18)6-4-11/h3-8,15,19H,9-10H2,1-2H3. The van der Waals surface area contributed by atoms with Crippen LogP contribution in [0.1, 0.15) is 22.6 Å². The number of ether oxygens (including phenoxy) is 2. The molecule has 2 aromatic carbocycles. The lowest BCUT2D eigenvalue weighted by molar-refractivity contribution is 0.384. The van der Waals surface area contributed by atoms with Gasteiger partial charge < -0.3 is 14.8 Å². The summed E-state index contributed by atoms with van der Waals surface area (Å²) in [5, 5.41) is 3.40. The van der Waals surface area contributed by atoms with Crippen molar-refractivity contribution in [3.63, 3.8) is 0 Å². The first-order valence-electron chi connectivity index (χ1n) is 6.94. The van der Waals surface area contributed by atoms with E-state index < -0.39 is 0 Å². The predicted octanol–water partition coefficient (Wildman–Crippen LogP) is 3.08. The highest BCUT2D eigenvalue weighted by Crippen LogP contribution is 2.39. The third-order valence-corrected chi connectivity index (χ3v) is 3.94. The van der Waals surface area contributed by atoms with Crippen LogP contribution in [0.4, 0.5) is 4.39 Å². The van der Waals surface area contributed by atoms with Crippen LogP contribution in [-0.2, 0) is 6.54 Å². The lowest BCUT2D eigenvalue weighted by Crippen LogP contribution is -2.29. The molecule has 3 nitrogen and oxygen atoms in total. The minimum atomic E-state index is -0.218. The van der Waals surface area contributed by atoms with Crippen molar-refractivity contribution in [1.82, 2.24) is 5.32 Å². The van der Waals surface area contributed by atoms with E-state index in [4.69, 9.17) is 9.47 Å². The molecular formula is C17H18FNO2. The summed E-state index contributed by atoms with van der Waals surface area (Å²) in [5.41, 5.74) is 3.39. The Balaban J connectivity index is 2.10. The van der Waals surface area contributed by atoms with E-state index in [0.29, 0.717) is 0 Å². The highest BCUT2D eigenvalue weighted by Gasteiger charge is 2.26. The first kappa shape index (κ1) is 13.9. The molecule has 3 rings (SSSR count). The maximum atomic E-state index is 13.1. The monoisotopic (exact) mass is 287 g/mol. The van der Waals surface area contributed by atoms with Crippen LogP contribution in [0.15, 0.2) is 36.4 Å².